The number of rotatable bonds is 65. The van der Waals surface area contributed by atoms with Gasteiger partial charge in [0.2, 0.25) is 0 Å². The zero-order chi connectivity index (χ0) is 59.2. The minimum atomic E-state index is -0.783. The first-order valence-electron chi connectivity index (χ1n) is 35.6. The Morgan fingerprint density at radius 3 is 0.793 bits per heavy atom. The molecule has 0 aliphatic carbocycles. The van der Waals surface area contributed by atoms with Gasteiger partial charge in [-0.15, -0.1) is 0 Å². The Kier molecular flexibility index (Phi) is 67.2. The molecule has 0 aliphatic heterocycles. The molecule has 0 aromatic carbocycles. The molecule has 0 aliphatic rings. The van der Waals surface area contributed by atoms with E-state index >= 15 is 0 Å². The van der Waals surface area contributed by atoms with Crippen LogP contribution < -0.4 is 0 Å². The first-order chi connectivity index (χ1) is 40.5. The number of esters is 3. The molecule has 0 radical (unpaired) electrons. The van der Waals surface area contributed by atoms with Gasteiger partial charge in [-0.2, -0.15) is 0 Å². The van der Waals surface area contributed by atoms with E-state index < -0.39 is 6.10 Å². The van der Waals surface area contributed by atoms with Crippen LogP contribution in [0.25, 0.3) is 0 Å². The molecular weight excluding hydrogens is 1010 g/mol. The molecule has 1 unspecified atom stereocenters. The van der Waals surface area contributed by atoms with Crippen LogP contribution in [0.4, 0.5) is 0 Å². The molecule has 474 valence electrons. The molecule has 82 heavy (non-hydrogen) atoms. The van der Waals surface area contributed by atoms with E-state index in [1.165, 1.54) is 205 Å². The maximum Gasteiger partial charge on any atom is 0.306 e. The predicted octanol–water partition coefficient (Wildman–Crippen LogP) is 24.6. The summed E-state index contributed by atoms with van der Waals surface area (Å²) in [6.07, 6.45) is 93.3. The third-order valence-electron chi connectivity index (χ3n) is 15.6. The number of hydrogen-bond acceptors (Lipinski definition) is 6. The summed E-state index contributed by atoms with van der Waals surface area (Å²) in [6, 6.07) is 0. The summed E-state index contributed by atoms with van der Waals surface area (Å²) in [6.45, 7) is 6.50. The largest absolute Gasteiger partial charge is 0.462 e. The first kappa shape index (κ1) is 78.6. The SMILES string of the molecule is CC/C=C\C/C=C\C/C=C\C/C=C\C/C=C\CCCCCCCCCCCCCC(=O)OCC(COC(=O)CCCCCCC/C=C\C/C=C\CCC)OC(=O)CCCCCCCCCCCCCCCCCCCCCCCCCC. The minimum absolute atomic E-state index is 0.0792. The Bertz CT molecular complexity index is 1550. The Morgan fingerprint density at radius 1 is 0.256 bits per heavy atom. The second kappa shape index (κ2) is 70.1. The maximum atomic E-state index is 13.0. The lowest BCUT2D eigenvalue weighted by molar-refractivity contribution is -0.167. The number of ether oxygens (including phenoxy) is 3. The number of hydrogen-bond donors (Lipinski definition) is 0. The molecule has 0 N–H and O–H groups in total. The molecule has 0 fully saturated rings. The van der Waals surface area contributed by atoms with Gasteiger partial charge in [-0.3, -0.25) is 14.4 Å². The average molecular weight is 1140 g/mol. The van der Waals surface area contributed by atoms with Crippen molar-refractivity contribution < 1.29 is 28.6 Å². The van der Waals surface area contributed by atoms with Crippen molar-refractivity contribution in [3.05, 3.63) is 85.1 Å². The molecule has 0 bridgehead atoms. The molecule has 0 heterocycles. The normalized spacial score (nSPS) is 12.6. The van der Waals surface area contributed by atoms with Crippen molar-refractivity contribution in [1.29, 1.82) is 0 Å². The van der Waals surface area contributed by atoms with Crippen LogP contribution in [0, 0.1) is 0 Å². The number of allylic oxidation sites excluding steroid dienone is 14. The summed E-state index contributed by atoms with van der Waals surface area (Å²) in [4.78, 5) is 38.4. The summed E-state index contributed by atoms with van der Waals surface area (Å²) in [5, 5.41) is 0. The van der Waals surface area contributed by atoms with Gasteiger partial charge < -0.3 is 14.2 Å². The van der Waals surface area contributed by atoms with Gasteiger partial charge >= 0.3 is 17.9 Å². The molecule has 6 nitrogen and oxygen atoms in total. The van der Waals surface area contributed by atoms with Crippen molar-refractivity contribution in [1.82, 2.24) is 0 Å². The molecule has 0 rings (SSSR count). The highest BCUT2D eigenvalue weighted by molar-refractivity contribution is 5.71. The summed E-state index contributed by atoms with van der Waals surface area (Å²) in [7, 11) is 0. The lowest BCUT2D eigenvalue weighted by Gasteiger charge is -2.18. The molecule has 0 saturated carbocycles. The van der Waals surface area contributed by atoms with Crippen molar-refractivity contribution in [2.24, 2.45) is 0 Å². The number of carbonyl (C=O) groups is 3. The first-order valence-corrected chi connectivity index (χ1v) is 35.6. The Balaban J connectivity index is 4.26. The van der Waals surface area contributed by atoms with Crippen LogP contribution in [0.3, 0.4) is 0 Å². The molecule has 0 aromatic heterocycles. The third kappa shape index (κ3) is 67.4. The number of unbranched alkanes of at least 4 members (excludes halogenated alkanes) is 40. The van der Waals surface area contributed by atoms with Crippen molar-refractivity contribution in [3.63, 3.8) is 0 Å². The zero-order valence-corrected chi connectivity index (χ0v) is 54.5. The van der Waals surface area contributed by atoms with E-state index in [-0.39, 0.29) is 31.1 Å². The lowest BCUT2D eigenvalue weighted by Crippen LogP contribution is -2.30. The van der Waals surface area contributed by atoms with Gasteiger partial charge in [-0.1, -0.05) is 337 Å². The van der Waals surface area contributed by atoms with Crippen molar-refractivity contribution >= 4 is 17.9 Å². The van der Waals surface area contributed by atoms with E-state index in [4.69, 9.17) is 14.2 Å². The van der Waals surface area contributed by atoms with Crippen LogP contribution >= 0.6 is 0 Å². The van der Waals surface area contributed by atoms with Crippen LogP contribution in [0.15, 0.2) is 85.1 Å². The fourth-order valence-corrected chi connectivity index (χ4v) is 10.3. The zero-order valence-electron chi connectivity index (χ0n) is 54.5. The van der Waals surface area contributed by atoms with Gasteiger partial charge in [0.25, 0.3) is 0 Å². The third-order valence-corrected chi connectivity index (χ3v) is 15.6. The Morgan fingerprint density at radius 2 is 0.500 bits per heavy atom. The topological polar surface area (TPSA) is 78.9 Å². The maximum absolute atomic E-state index is 13.0. The van der Waals surface area contributed by atoms with E-state index in [1.807, 2.05) is 0 Å². The molecule has 1 atom stereocenters. The minimum Gasteiger partial charge on any atom is -0.462 e. The van der Waals surface area contributed by atoms with Crippen LogP contribution in [0.5, 0.6) is 0 Å². The highest BCUT2D eigenvalue weighted by atomic mass is 16.6. The smallest absolute Gasteiger partial charge is 0.306 e. The highest BCUT2D eigenvalue weighted by Gasteiger charge is 2.19. The van der Waals surface area contributed by atoms with E-state index in [2.05, 4.69) is 106 Å². The highest BCUT2D eigenvalue weighted by Crippen LogP contribution is 2.18. The number of carbonyl (C=O) groups excluding carboxylic acids is 3. The van der Waals surface area contributed by atoms with Crippen molar-refractivity contribution in [3.8, 4) is 0 Å². The van der Waals surface area contributed by atoms with E-state index in [0.29, 0.717) is 19.3 Å². The predicted molar refractivity (Wildman–Crippen MR) is 358 cm³/mol. The second-order valence-corrected chi connectivity index (χ2v) is 23.8. The van der Waals surface area contributed by atoms with Crippen LogP contribution in [-0.2, 0) is 28.6 Å². The van der Waals surface area contributed by atoms with Gasteiger partial charge in [0.05, 0.1) is 0 Å². The van der Waals surface area contributed by atoms with Gasteiger partial charge in [-0.05, 0) is 89.9 Å². The molecule has 0 spiro atoms. The van der Waals surface area contributed by atoms with Crippen LogP contribution in [-0.4, -0.2) is 37.2 Å². The molecule has 0 aromatic rings. The Hall–Kier alpha value is -3.41. The summed E-state index contributed by atoms with van der Waals surface area (Å²) in [5.74, 6) is -0.876. The molecule has 0 saturated heterocycles. The van der Waals surface area contributed by atoms with E-state index in [9.17, 15) is 14.4 Å². The monoisotopic (exact) mass is 1140 g/mol. The van der Waals surface area contributed by atoms with Crippen LogP contribution in [0.1, 0.15) is 361 Å². The standard InChI is InChI=1S/C76H134O6/c1-4-7-10-13-16-19-22-25-27-29-31-33-35-37-38-39-41-42-44-46-48-51-54-57-60-63-66-69-75(78)81-72-73(71-80-74(77)68-65-62-59-56-53-50-24-21-18-15-12-9-6-3)82-76(79)70-67-64-61-58-55-52-49-47-45-43-40-36-34-32-30-28-26-23-20-17-14-11-8-5-2/h7,10,12,15-16,19,21,24-25,27,31,33,37-38,73H,4-6,8-9,11,13-14,17-18,20,22-23,26,28-30,32,34-36,39-72H2,1-3H3/b10-7-,15-12-,19-16-,24-21-,27-25-,33-31-,38-37-. The summed E-state index contributed by atoms with van der Waals surface area (Å²) >= 11 is 0. The molecular formula is C76H134O6. The molecule has 0 amide bonds. The van der Waals surface area contributed by atoms with Crippen molar-refractivity contribution in [2.75, 3.05) is 13.2 Å². The van der Waals surface area contributed by atoms with Gasteiger partial charge in [-0.25, -0.2) is 0 Å². The summed E-state index contributed by atoms with van der Waals surface area (Å²) < 4.78 is 17.0. The lowest BCUT2D eigenvalue weighted by atomic mass is 10.0. The van der Waals surface area contributed by atoms with E-state index in [0.717, 1.165) is 116 Å². The second-order valence-electron chi connectivity index (χ2n) is 23.8. The van der Waals surface area contributed by atoms with Gasteiger partial charge in [0, 0.05) is 19.3 Å². The van der Waals surface area contributed by atoms with E-state index in [1.54, 1.807) is 0 Å². The van der Waals surface area contributed by atoms with Gasteiger partial charge in [0.1, 0.15) is 13.2 Å². The van der Waals surface area contributed by atoms with Crippen molar-refractivity contribution in [2.45, 2.75) is 367 Å². The molecule has 6 heteroatoms. The average Bonchev–Trinajstić information content (AvgIpc) is 3.47. The van der Waals surface area contributed by atoms with Gasteiger partial charge in [0.15, 0.2) is 6.10 Å². The van der Waals surface area contributed by atoms with Crippen LogP contribution in [0.2, 0.25) is 0 Å². The Labute approximate surface area is 509 Å². The summed E-state index contributed by atoms with van der Waals surface area (Å²) in [5.41, 5.74) is 0. The quantitative estimate of drug-likeness (QED) is 0.0261. The fraction of sp³-hybridized carbons (Fsp3) is 0.776. The fourth-order valence-electron chi connectivity index (χ4n) is 10.3.